The standard InChI is InChI=1S/C18H28N2O2/c1-14(2)12-20(13-15(3)4)18(21)19-11-10-16-6-8-17(22-5)9-7-16/h6-11,14-15H,12-13H2,1-5H3,(H,19,21)/b11-10+. The number of hydrogen-bond acceptors (Lipinski definition) is 2. The van der Waals surface area contributed by atoms with E-state index in [2.05, 4.69) is 33.0 Å². The van der Waals surface area contributed by atoms with Gasteiger partial charge in [0.25, 0.3) is 0 Å². The summed E-state index contributed by atoms with van der Waals surface area (Å²) in [7, 11) is 1.64. The molecule has 1 aromatic rings. The van der Waals surface area contributed by atoms with Crippen LogP contribution in [0.3, 0.4) is 0 Å². The Morgan fingerprint density at radius 1 is 1.14 bits per heavy atom. The fraction of sp³-hybridized carbons (Fsp3) is 0.500. The van der Waals surface area contributed by atoms with E-state index >= 15 is 0 Å². The largest absolute Gasteiger partial charge is 0.497 e. The molecule has 4 nitrogen and oxygen atoms in total. The van der Waals surface area contributed by atoms with Crippen LogP contribution in [0.25, 0.3) is 6.08 Å². The Morgan fingerprint density at radius 2 is 1.68 bits per heavy atom. The molecule has 0 aliphatic heterocycles. The number of methoxy groups -OCH3 is 1. The number of nitrogens with one attached hydrogen (secondary N) is 1. The smallest absolute Gasteiger partial charge is 0.321 e. The molecule has 0 unspecified atom stereocenters. The van der Waals surface area contributed by atoms with Crippen molar-refractivity contribution in [2.24, 2.45) is 11.8 Å². The number of urea groups is 1. The Morgan fingerprint density at radius 3 is 2.14 bits per heavy atom. The number of rotatable bonds is 7. The van der Waals surface area contributed by atoms with Crippen molar-refractivity contribution in [3.05, 3.63) is 36.0 Å². The van der Waals surface area contributed by atoms with Crippen molar-refractivity contribution in [2.45, 2.75) is 27.7 Å². The lowest BCUT2D eigenvalue weighted by molar-refractivity contribution is 0.187. The van der Waals surface area contributed by atoms with E-state index < -0.39 is 0 Å². The van der Waals surface area contributed by atoms with Crippen molar-refractivity contribution in [3.8, 4) is 5.75 Å². The van der Waals surface area contributed by atoms with E-state index in [1.54, 1.807) is 13.3 Å². The highest BCUT2D eigenvalue weighted by molar-refractivity contribution is 5.76. The maximum Gasteiger partial charge on any atom is 0.321 e. The van der Waals surface area contributed by atoms with E-state index in [0.717, 1.165) is 24.4 Å². The van der Waals surface area contributed by atoms with Crippen molar-refractivity contribution < 1.29 is 9.53 Å². The fourth-order valence-electron chi connectivity index (χ4n) is 2.14. The van der Waals surface area contributed by atoms with Gasteiger partial charge >= 0.3 is 6.03 Å². The minimum absolute atomic E-state index is 0.0489. The van der Waals surface area contributed by atoms with E-state index in [1.807, 2.05) is 35.2 Å². The summed E-state index contributed by atoms with van der Waals surface area (Å²) in [5.74, 6) is 1.73. The average Bonchev–Trinajstić information content (AvgIpc) is 2.46. The van der Waals surface area contributed by atoms with Gasteiger partial charge in [-0.25, -0.2) is 4.79 Å². The van der Waals surface area contributed by atoms with Gasteiger partial charge in [0.2, 0.25) is 0 Å². The van der Waals surface area contributed by atoms with Crippen LogP contribution in [0.1, 0.15) is 33.3 Å². The van der Waals surface area contributed by atoms with Gasteiger partial charge in [0.1, 0.15) is 5.75 Å². The Labute approximate surface area is 134 Å². The molecule has 0 aromatic heterocycles. The molecule has 0 aliphatic rings. The van der Waals surface area contributed by atoms with E-state index in [1.165, 1.54) is 0 Å². The molecule has 0 aliphatic carbocycles. The highest BCUT2D eigenvalue weighted by Crippen LogP contribution is 2.12. The molecule has 0 atom stereocenters. The third kappa shape index (κ3) is 6.66. The first kappa shape index (κ1) is 18.1. The van der Waals surface area contributed by atoms with Crippen LogP contribution in [-0.2, 0) is 0 Å². The van der Waals surface area contributed by atoms with Gasteiger partial charge < -0.3 is 15.0 Å². The van der Waals surface area contributed by atoms with Crippen LogP contribution in [0.2, 0.25) is 0 Å². The molecule has 0 fully saturated rings. The normalized spacial score (nSPS) is 11.2. The molecule has 2 amide bonds. The summed E-state index contributed by atoms with van der Waals surface area (Å²) in [6, 6.07) is 7.63. The Balaban J connectivity index is 2.58. The van der Waals surface area contributed by atoms with E-state index in [-0.39, 0.29) is 6.03 Å². The van der Waals surface area contributed by atoms with Crippen molar-refractivity contribution in [2.75, 3.05) is 20.2 Å². The molecule has 0 saturated heterocycles. The second-order valence-corrected chi connectivity index (χ2v) is 6.25. The van der Waals surface area contributed by atoms with Crippen molar-refractivity contribution in [1.82, 2.24) is 10.2 Å². The molecule has 4 heteroatoms. The van der Waals surface area contributed by atoms with Crippen LogP contribution in [0, 0.1) is 11.8 Å². The number of carbonyl (C=O) groups excluding carboxylic acids is 1. The van der Waals surface area contributed by atoms with Crippen LogP contribution in [-0.4, -0.2) is 31.1 Å². The monoisotopic (exact) mass is 304 g/mol. The number of hydrogen-bond donors (Lipinski definition) is 1. The summed E-state index contributed by atoms with van der Waals surface area (Å²) in [4.78, 5) is 14.1. The quantitative estimate of drug-likeness (QED) is 0.827. The van der Waals surface area contributed by atoms with Gasteiger partial charge in [0.15, 0.2) is 0 Å². The topological polar surface area (TPSA) is 41.6 Å². The zero-order valence-electron chi connectivity index (χ0n) is 14.3. The molecule has 122 valence electrons. The number of ether oxygens (including phenoxy) is 1. The SMILES string of the molecule is COc1ccc(/C=C/NC(=O)N(CC(C)C)CC(C)C)cc1. The highest BCUT2D eigenvalue weighted by atomic mass is 16.5. The molecule has 0 heterocycles. The molecular weight excluding hydrogens is 276 g/mol. The Hall–Kier alpha value is -1.97. The van der Waals surface area contributed by atoms with Crippen LogP contribution in [0.15, 0.2) is 30.5 Å². The predicted molar refractivity (Wildman–Crippen MR) is 91.8 cm³/mol. The second kappa shape index (κ2) is 9.13. The summed E-state index contributed by atoms with van der Waals surface area (Å²) in [5.41, 5.74) is 1.01. The van der Waals surface area contributed by atoms with Gasteiger partial charge in [-0.2, -0.15) is 0 Å². The van der Waals surface area contributed by atoms with Gasteiger partial charge in [-0.05, 0) is 35.6 Å². The summed E-state index contributed by atoms with van der Waals surface area (Å²) in [6.07, 6.45) is 3.57. The summed E-state index contributed by atoms with van der Waals surface area (Å²) in [6.45, 7) is 10.0. The zero-order chi connectivity index (χ0) is 16.5. The van der Waals surface area contributed by atoms with Crippen molar-refractivity contribution in [3.63, 3.8) is 0 Å². The summed E-state index contributed by atoms with van der Waals surface area (Å²) in [5, 5.41) is 2.85. The van der Waals surface area contributed by atoms with E-state index in [9.17, 15) is 4.79 Å². The third-order valence-electron chi connectivity index (χ3n) is 3.06. The molecular formula is C18H28N2O2. The number of nitrogens with zero attached hydrogens (tertiary/aromatic N) is 1. The number of carbonyl (C=O) groups is 1. The predicted octanol–water partition coefficient (Wildman–Crippen LogP) is 3.99. The minimum atomic E-state index is -0.0489. The van der Waals surface area contributed by atoms with Gasteiger partial charge in [-0.1, -0.05) is 39.8 Å². The third-order valence-corrected chi connectivity index (χ3v) is 3.06. The molecule has 1 aromatic carbocycles. The van der Waals surface area contributed by atoms with Gasteiger partial charge in [0.05, 0.1) is 7.11 Å². The molecule has 0 radical (unpaired) electrons. The van der Waals surface area contributed by atoms with E-state index in [0.29, 0.717) is 11.8 Å². The lowest BCUT2D eigenvalue weighted by atomic mass is 10.1. The van der Waals surface area contributed by atoms with Crippen LogP contribution in [0.4, 0.5) is 4.79 Å². The fourth-order valence-corrected chi connectivity index (χ4v) is 2.14. The molecule has 22 heavy (non-hydrogen) atoms. The van der Waals surface area contributed by atoms with Crippen LogP contribution in [0.5, 0.6) is 5.75 Å². The second-order valence-electron chi connectivity index (χ2n) is 6.25. The maximum atomic E-state index is 12.2. The molecule has 0 spiro atoms. The first-order chi connectivity index (χ1) is 10.4. The summed E-state index contributed by atoms with van der Waals surface area (Å²) < 4.78 is 5.12. The minimum Gasteiger partial charge on any atom is -0.497 e. The number of benzene rings is 1. The maximum absolute atomic E-state index is 12.2. The molecule has 0 bridgehead atoms. The zero-order valence-corrected chi connectivity index (χ0v) is 14.3. The van der Waals surface area contributed by atoms with Crippen molar-refractivity contribution in [1.29, 1.82) is 0 Å². The van der Waals surface area contributed by atoms with Gasteiger partial charge in [0, 0.05) is 19.3 Å². The highest BCUT2D eigenvalue weighted by Gasteiger charge is 2.14. The molecule has 1 rings (SSSR count). The lowest BCUT2D eigenvalue weighted by Crippen LogP contribution is -2.41. The first-order valence-corrected chi connectivity index (χ1v) is 7.78. The average molecular weight is 304 g/mol. The number of amides is 2. The first-order valence-electron chi connectivity index (χ1n) is 7.78. The van der Waals surface area contributed by atoms with Gasteiger partial charge in [-0.15, -0.1) is 0 Å². The van der Waals surface area contributed by atoms with E-state index in [4.69, 9.17) is 4.74 Å². The Kier molecular flexibility index (Phi) is 7.50. The lowest BCUT2D eigenvalue weighted by Gasteiger charge is -2.25. The summed E-state index contributed by atoms with van der Waals surface area (Å²) >= 11 is 0. The molecule has 0 saturated carbocycles. The molecule has 1 N–H and O–H groups in total. The van der Waals surface area contributed by atoms with Crippen LogP contribution >= 0.6 is 0 Å². The van der Waals surface area contributed by atoms with Crippen LogP contribution < -0.4 is 10.1 Å². The van der Waals surface area contributed by atoms with Gasteiger partial charge in [-0.3, -0.25) is 0 Å². The Bertz CT molecular complexity index is 468. The van der Waals surface area contributed by atoms with Crippen molar-refractivity contribution >= 4 is 12.1 Å².